The van der Waals surface area contributed by atoms with E-state index in [9.17, 15) is 0 Å². The lowest BCUT2D eigenvalue weighted by Crippen LogP contribution is -2.26. The summed E-state index contributed by atoms with van der Waals surface area (Å²) >= 11 is 1.60. The summed E-state index contributed by atoms with van der Waals surface area (Å²) in [6.07, 6.45) is 2.03. The Bertz CT molecular complexity index is 383. The molecule has 3 nitrogen and oxygen atoms in total. The van der Waals surface area contributed by atoms with Crippen LogP contribution in [0.25, 0.3) is 0 Å². The van der Waals surface area contributed by atoms with Gasteiger partial charge in [0.25, 0.3) is 0 Å². The maximum atomic E-state index is 3.50. The fourth-order valence-corrected chi connectivity index (χ4v) is 2.08. The molecule has 0 saturated carbocycles. The second kappa shape index (κ2) is 6.23. The van der Waals surface area contributed by atoms with Crippen molar-refractivity contribution < 1.29 is 0 Å². The molecular weight excluding hydrogens is 242 g/mol. The van der Waals surface area contributed by atoms with Gasteiger partial charge < -0.3 is 15.4 Å². The molecule has 0 heterocycles. The molecule has 0 spiro atoms. The summed E-state index contributed by atoms with van der Waals surface area (Å²) in [4.78, 5) is 0. The molecule has 3 N–H and O–H groups in total. The van der Waals surface area contributed by atoms with Gasteiger partial charge in [-0.2, -0.15) is 0 Å². The van der Waals surface area contributed by atoms with Gasteiger partial charge in [-0.3, -0.25) is 0 Å². The molecule has 0 amide bonds. The first kappa shape index (κ1) is 15.0. The van der Waals surface area contributed by atoms with E-state index in [4.69, 9.17) is 0 Å². The minimum absolute atomic E-state index is 0.0626. The van der Waals surface area contributed by atoms with Crippen molar-refractivity contribution in [2.45, 2.75) is 46.2 Å². The summed E-state index contributed by atoms with van der Waals surface area (Å²) in [7, 11) is 0. The van der Waals surface area contributed by atoms with E-state index >= 15 is 0 Å². The molecule has 1 aromatic rings. The molecule has 0 atom stereocenters. The van der Waals surface area contributed by atoms with Gasteiger partial charge in [-0.15, -0.1) is 0 Å². The van der Waals surface area contributed by atoms with Crippen LogP contribution in [0.1, 0.15) is 34.6 Å². The zero-order valence-corrected chi connectivity index (χ0v) is 13.0. The fourth-order valence-electron chi connectivity index (χ4n) is 1.73. The van der Waals surface area contributed by atoms with Crippen LogP contribution in [-0.4, -0.2) is 17.8 Å². The van der Waals surface area contributed by atoms with Crippen LogP contribution >= 0.6 is 11.9 Å². The highest BCUT2D eigenvalue weighted by molar-refractivity contribution is 7.99. The first-order chi connectivity index (χ1) is 8.30. The highest BCUT2D eigenvalue weighted by atomic mass is 32.2. The zero-order chi connectivity index (χ0) is 13.8. The zero-order valence-electron chi connectivity index (χ0n) is 12.2. The second-order valence-corrected chi connectivity index (χ2v) is 6.39. The molecule has 0 aliphatic rings. The van der Waals surface area contributed by atoms with Gasteiger partial charge in [-0.25, -0.2) is 0 Å². The number of hydrogen-bond donors (Lipinski definition) is 3. The Labute approximate surface area is 115 Å². The molecule has 102 valence electrons. The summed E-state index contributed by atoms with van der Waals surface area (Å²) in [5.41, 5.74) is 3.44. The first-order valence-corrected chi connectivity index (χ1v) is 7.51. The molecule has 1 aromatic carbocycles. The van der Waals surface area contributed by atoms with Crippen molar-refractivity contribution in [1.82, 2.24) is 0 Å². The van der Waals surface area contributed by atoms with Crippen molar-refractivity contribution in [2.24, 2.45) is 0 Å². The van der Waals surface area contributed by atoms with Gasteiger partial charge in [0, 0.05) is 34.9 Å². The van der Waals surface area contributed by atoms with E-state index in [1.807, 2.05) is 6.26 Å². The average Bonchev–Trinajstić information content (AvgIpc) is 2.12. The van der Waals surface area contributed by atoms with Crippen molar-refractivity contribution >= 4 is 29.0 Å². The Morgan fingerprint density at radius 1 is 1.00 bits per heavy atom. The molecule has 0 saturated heterocycles. The van der Waals surface area contributed by atoms with E-state index in [1.54, 1.807) is 11.9 Å². The number of nitrogens with one attached hydrogen (secondary N) is 3. The van der Waals surface area contributed by atoms with E-state index in [0.29, 0.717) is 6.04 Å². The molecule has 0 aromatic heterocycles. The van der Waals surface area contributed by atoms with Crippen molar-refractivity contribution in [1.29, 1.82) is 0 Å². The van der Waals surface area contributed by atoms with Crippen LogP contribution in [0.3, 0.4) is 0 Å². The van der Waals surface area contributed by atoms with E-state index in [-0.39, 0.29) is 5.54 Å². The number of benzene rings is 1. The SMILES string of the molecule is CSNc1cc(NC(C)C)cc(NC(C)(C)C)c1. The lowest BCUT2D eigenvalue weighted by molar-refractivity contribution is 0.634. The van der Waals surface area contributed by atoms with Gasteiger partial charge in [-0.05, 0) is 52.8 Å². The predicted octanol–water partition coefficient (Wildman–Crippen LogP) is 4.41. The average molecular weight is 267 g/mol. The van der Waals surface area contributed by atoms with Gasteiger partial charge in [0.15, 0.2) is 0 Å². The quantitative estimate of drug-likeness (QED) is 0.691. The molecule has 0 radical (unpaired) electrons. The minimum Gasteiger partial charge on any atom is -0.383 e. The molecule has 0 fully saturated rings. The van der Waals surface area contributed by atoms with Crippen LogP contribution in [0.15, 0.2) is 18.2 Å². The normalized spacial score (nSPS) is 11.5. The predicted molar refractivity (Wildman–Crippen MR) is 85.7 cm³/mol. The van der Waals surface area contributed by atoms with Crippen LogP contribution in [0.2, 0.25) is 0 Å². The van der Waals surface area contributed by atoms with E-state index < -0.39 is 0 Å². The smallest absolute Gasteiger partial charge is 0.0481 e. The molecule has 18 heavy (non-hydrogen) atoms. The second-order valence-electron chi connectivity index (χ2n) is 5.78. The van der Waals surface area contributed by atoms with Gasteiger partial charge in [0.1, 0.15) is 0 Å². The van der Waals surface area contributed by atoms with Gasteiger partial charge in [0.05, 0.1) is 0 Å². The fraction of sp³-hybridized carbons (Fsp3) is 0.571. The lowest BCUT2D eigenvalue weighted by atomic mass is 10.1. The number of hydrogen-bond acceptors (Lipinski definition) is 4. The highest BCUT2D eigenvalue weighted by Gasteiger charge is 2.10. The molecule has 0 aliphatic heterocycles. The van der Waals surface area contributed by atoms with Gasteiger partial charge in [-0.1, -0.05) is 11.9 Å². The van der Waals surface area contributed by atoms with Gasteiger partial charge in [0.2, 0.25) is 0 Å². The summed E-state index contributed by atoms with van der Waals surface area (Å²) in [6, 6.07) is 6.84. The third-order valence-corrected chi connectivity index (χ3v) is 2.57. The Balaban J connectivity index is 2.97. The monoisotopic (exact) mass is 267 g/mol. The van der Waals surface area contributed by atoms with Crippen LogP contribution in [0.5, 0.6) is 0 Å². The maximum Gasteiger partial charge on any atom is 0.0481 e. The van der Waals surface area contributed by atoms with Crippen LogP contribution in [0.4, 0.5) is 17.1 Å². The van der Waals surface area contributed by atoms with Crippen molar-refractivity contribution in [3.8, 4) is 0 Å². The van der Waals surface area contributed by atoms with Crippen LogP contribution < -0.4 is 15.4 Å². The minimum atomic E-state index is 0.0626. The summed E-state index contributed by atoms with van der Waals surface area (Å²) < 4.78 is 3.28. The van der Waals surface area contributed by atoms with Crippen LogP contribution in [0, 0.1) is 0 Å². The van der Waals surface area contributed by atoms with E-state index in [2.05, 4.69) is 68.2 Å². The molecule has 0 unspecified atom stereocenters. The third kappa shape index (κ3) is 5.54. The van der Waals surface area contributed by atoms with E-state index in [0.717, 1.165) is 17.1 Å². The Morgan fingerprint density at radius 3 is 2.06 bits per heavy atom. The first-order valence-electron chi connectivity index (χ1n) is 6.29. The Hall–Kier alpha value is -1.03. The lowest BCUT2D eigenvalue weighted by Gasteiger charge is -2.23. The van der Waals surface area contributed by atoms with Crippen molar-refractivity contribution in [3.63, 3.8) is 0 Å². The molecule has 4 heteroatoms. The Kier molecular flexibility index (Phi) is 5.20. The van der Waals surface area contributed by atoms with Crippen molar-refractivity contribution in [2.75, 3.05) is 21.6 Å². The Morgan fingerprint density at radius 2 is 1.56 bits per heavy atom. The molecule has 1 rings (SSSR count). The van der Waals surface area contributed by atoms with E-state index in [1.165, 1.54) is 0 Å². The summed E-state index contributed by atoms with van der Waals surface area (Å²) in [5.74, 6) is 0. The standard InChI is InChI=1S/C14H25N3S/c1-10(2)15-11-7-12(16-14(3,4)5)9-13(8-11)17-18-6/h7-10,15-17H,1-6H3. The largest absolute Gasteiger partial charge is 0.383 e. The number of rotatable bonds is 5. The molecular formula is C14H25N3S. The topological polar surface area (TPSA) is 36.1 Å². The third-order valence-electron chi connectivity index (χ3n) is 2.13. The van der Waals surface area contributed by atoms with Crippen LogP contribution in [-0.2, 0) is 0 Å². The summed E-state index contributed by atoms with van der Waals surface area (Å²) in [5, 5.41) is 6.94. The number of anilines is 3. The highest BCUT2D eigenvalue weighted by Crippen LogP contribution is 2.26. The summed E-state index contributed by atoms with van der Waals surface area (Å²) in [6.45, 7) is 10.8. The molecule has 0 bridgehead atoms. The van der Waals surface area contributed by atoms with Gasteiger partial charge >= 0.3 is 0 Å². The van der Waals surface area contributed by atoms with Crippen molar-refractivity contribution in [3.05, 3.63) is 18.2 Å². The maximum absolute atomic E-state index is 3.50. The molecule has 0 aliphatic carbocycles.